The smallest absolute Gasteiger partial charge is 0.280 e. The van der Waals surface area contributed by atoms with Crippen LogP contribution in [0.5, 0.6) is 0 Å². The lowest BCUT2D eigenvalue weighted by Crippen LogP contribution is -2.28. The van der Waals surface area contributed by atoms with E-state index in [1.165, 1.54) is 11.3 Å². The van der Waals surface area contributed by atoms with E-state index in [1.54, 1.807) is 16.7 Å². The molecule has 0 radical (unpaired) electrons. The average molecular weight is 311 g/mol. The van der Waals surface area contributed by atoms with Crippen LogP contribution in [0.1, 0.15) is 29.0 Å². The van der Waals surface area contributed by atoms with E-state index in [9.17, 15) is 9.59 Å². The summed E-state index contributed by atoms with van der Waals surface area (Å²) in [6.07, 6.45) is 3.76. The van der Waals surface area contributed by atoms with E-state index in [1.807, 2.05) is 12.1 Å². The van der Waals surface area contributed by atoms with E-state index in [0.29, 0.717) is 15.9 Å². The Hall–Kier alpha value is -2.34. The van der Waals surface area contributed by atoms with Gasteiger partial charge in [0, 0.05) is 24.1 Å². The number of nitrogens with zero attached hydrogens (tertiary/aromatic N) is 3. The molecule has 1 aromatic carbocycles. The van der Waals surface area contributed by atoms with Gasteiger partial charge in [0.05, 0.1) is 0 Å². The minimum atomic E-state index is -0.0355. The molecule has 0 saturated carbocycles. The molecule has 3 aromatic rings. The van der Waals surface area contributed by atoms with Crippen molar-refractivity contribution in [2.75, 3.05) is 0 Å². The Kier molecular flexibility index (Phi) is 3.11. The molecule has 5 nitrogen and oxygen atoms in total. The first kappa shape index (κ1) is 13.3. The molecule has 6 heteroatoms. The molecule has 0 unspecified atom stereocenters. The highest BCUT2D eigenvalue weighted by atomic mass is 32.1. The Morgan fingerprint density at radius 1 is 1.14 bits per heavy atom. The number of carbonyl (C=O) groups excluding carboxylic acids is 1. The normalized spacial score (nSPS) is 14.0. The van der Waals surface area contributed by atoms with E-state index in [0.717, 1.165) is 48.5 Å². The number of rotatable bonds is 2. The van der Waals surface area contributed by atoms with Crippen molar-refractivity contribution < 1.29 is 4.79 Å². The third-order valence-electron chi connectivity index (χ3n) is 3.92. The third kappa shape index (κ3) is 2.07. The van der Waals surface area contributed by atoms with Crippen LogP contribution >= 0.6 is 11.3 Å². The molecule has 110 valence electrons. The lowest BCUT2D eigenvalue weighted by atomic mass is 10.1. The maximum atomic E-state index is 12.5. The number of aromatic nitrogens is 3. The summed E-state index contributed by atoms with van der Waals surface area (Å²) >= 11 is 1.43. The summed E-state index contributed by atoms with van der Waals surface area (Å²) in [5.74, 6) is 0.871. The van der Waals surface area contributed by atoms with Gasteiger partial charge in [-0.15, -0.1) is 0 Å². The fraction of sp³-hybridized carbons (Fsp3) is 0.250. The summed E-state index contributed by atoms with van der Waals surface area (Å²) < 4.78 is 1.75. The molecule has 2 aromatic heterocycles. The monoisotopic (exact) mass is 311 g/mol. The van der Waals surface area contributed by atoms with Crippen molar-refractivity contribution in [3.05, 3.63) is 46.0 Å². The topological polar surface area (TPSA) is 64.8 Å². The molecular weight excluding hydrogens is 298 g/mol. The van der Waals surface area contributed by atoms with Crippen LogP contribution in [0.15, 0.2) is 29.1 Å². The van der Waals surface area contributed by atoms with Crippen LogP contribution in [-0.4, -0.2) is 20.8 Å². The molecule has 0 aliphatic carbocycles. The van der Waals surface area contributed by atoms with Crippen LogP contribution in [0.25, 0.3) is 20.9 Å². The molecule has 0 fully saturated rings. The van der Waals surface area contributed by atoms with Gasteiger partial charge in [0.1, 0.15) is 17.1 Å². The summed E-state index contributed by atoms with van der Waals surface area (Å²) in [7, 11) is 0. The molecule has 0 spiro atoms. The van der Waals surface area contributed by atoms with Crippen LogP contribution in [0.3, 0.4) is 0 Å². The average Bonchev–Trinajstić information content (AvgIpc) is 2.99. The minimum absolute atomic E-state index is 0.0355. The van der Waals surface area contributed by atoms with Crippen molar-refractivity contribution in [3.63, 3.8) is 0 Å². The standard InChI is InChI=1S/C16H13N3O2S/c20-9-10-4-6-11(7-5-10)14-18-13-15(22-14)17-12-3-1-2-8-19(12)16(13)21/h4-7,9H,1-3,8H2. The Morgan fingerprint density at radius 2 is 1.95 bits per heavy atom. The van der Waals surface area contributed by atoms with Crippen LogP contribution < -0.4 is 5.56 Å². The van der Waals surface area contributed by atoms with Gasteiger partial charge in [0.15, 0.2) is 10.3 Å². The second-order valence-electron chi connectivity index (χ2n) is 5.35. The van der Waals surface area contributed by atoms with Gasteiger partial charge in [-0.1, -0.05) is 35.6 Å². The second kappa shape index (κ2) is 5.14. The van der Waals surface area contributed by atoms with Crippen molar-refractivity contribution in [3.8, 4) is 10.6 Å². The van der Waals surface area contributed by atoms with Crippen LogP contribution in [-0.2, 0) is 13.0 Å². The highest BCUT2D eigenvalue weighted by Gasteiger charge is 2.18. The van der Waals surface area contributed by atoms with E-state index < -0.39 is 0 Å². The molecule has 0 amide bonds. The summed E-state index contributed by atoms with van der Waals surface area (Å²) in [5, 5.41) is 0.764. The largest absolute Gasteiger partial charge is 0.298 e. The van der Waals surface area contributed by atoms with E-state index in [4.69, 9.17) is 0 Å². The van der Waals surface area contributed by atoms with Crippen molar-refractivity contribution in [2.45, 2.75) is 25.8 Å². The fourth-order valence-corrected chi connectivity index (χ4v) is 3.71. The molecule has 1 aliphatic heterocycles. The molecule has 0 atom stereocenters. The first-order chi connectivity index (χ1) is 10.8. The number of thiazole rings is 1. The highest BCUT2D eigenvalue weighted by Crippen LogP contribution is 2.28. The van der Waals surface area contributed by atoms with E-state index >= 15 is 0 Å². The summed E-state index contributed by atoms with van der Waals surface area (Å²) in [4.78, 5) is 33.1. The van der Waals surface area contributed by atoms with Gasteiger partial charge in [-0.2, -0.15) is 0 Å². The summed E-state index contributed by atoms with van der Waals surface area (Å²) in [6.45, 7) is 0.734. The van der Waals surface area contributed by atoms with Gasteiger partial charge in [-0.25, -0.2) is 9.97 Å². The quantitative estimate of drug-likeness (QED) is 0.683. The number of aldehydes is 1. The van der Waals surface area contributed by atoms with Gasteiger partial charge < -0.3 is 0 Å². The zero-order valence-electron chi connectivity index (χ0n) is 11.8. The molecule has 0 N–H and O–H groups in total. The number of hydrogen-bond acceptors (Lipinski definition) is 5. The van der Waals surface area contributed by atoms with Gasteiger partial charge in [-0.3, -0.25) is 14.2 Å². The SMILES string of the molecule is O=Cc1ccc(-c2nc3c(=O)n4c(nc3s2)CCCC4)cc1. The molecule has 3 heterocycles. The molecule has 4 rings (SSSR count). The van der Waals surface area contributed by atoms with Gasteiger partial charge in [0.25, 0.3) is 5.56 Å². The maximum Gasteiger partial charge on any atom is 0.280 e. The zero-order valence-corrected chi connectivity index (χ0v) is 12.6. The van der Waals surface area contributed by atoms with E-state index in [-0.39, 0.29) is 5.56 Å². The Bertz CT molecular complexity index is 925. The number of carbonyl (C=O) groups is 1. The van der Waals surface area contributed by atoms with Gasteiger partial charge >= 0.3 is 0 Å². The number of hydrogen-bond donors (Lipinski definition) is 0. The first-order valence-electron chi connectivity index (χ1n) is 7.22. The Balaban J connectivity index is 1.88. The predicted octanol–water partition coefficient (Wildman–Crippen LogP) is 2.67. The molecule has 0 saturated heterocycles. The van der Waals surface area contributed by atoms with Gasteiger partial charge in [-0.05, 0) is 12.8 Å². The highest BCUT2D eigenvalue weighted by molar-refractivity contribution is 7.21. The lowest BCUT2D eigenvalue weighted by molar-refractivity contribution is 0.112. The van der Waals surface area contributed by atoms with Crippen LogP contribution in [0, 0.1) is 0 Å². The second-order valence-corrected chi connectivity index (χ2v) is 6.33. The third-order valence-corrected chi connectivity index (χ3v) is 4.92. The zero-order chi connectivity index (χ0) is 15.1. The van der Waals surface area contributed by atoms with Crippen molar-refractivity contribution >= 4 is 28.0 Å². The van der Waals surface area contributed by atoms with E-state index in [2.05, 4.69) is 9.97 Å². The molecular formula is C16H13N3O2S. The number of fused-ring (bicyclic) bond motifs is 2. The Morgan fingerprint density at radius 3 is 2.73 bits per heavy atom. The first-order valence-corrected chi connectivity index (χ1v) is 8.04. The molecule has 1 aliphatic rings. The van der Waals surface area contributed by atoms with Gasteiger partial charge in [0.2, 0.25) is 0 Å². The van der Waals surface area contributed by atoms with Crippen molar-refractivity contribution in [1.82, 2.24) is 14.5 Å². The van der Waals surface area contributed by atoms with Crippen LogP contribution in [0.2, 0.25) is 0 Å². The van der Waals surface area contributed by atoms with Crippen LogP contribution in [0.4, 0.5) is 0 Å². The minimum Gasteiger partial charge on any atom is -0.298 e. The number of aryl methyl sites for hydroxylation is 1. The molecule has 0 bridgehead atoms. The molecule has 22 heavy (non-hydrogen) atoms. The predicted molar refractivity (Wildman–Crippen MR) is 85.4 cm³/mol. The maximum absolute atomic E-state index is 12.5. The summed E-state index contributed by atoms with van der Waals surface area (Å²) in [6, 6.07) is 7.19. The van der Waals surface area contributed by atoms with Crippen molar-refractivity contribution in [1.29, 1.82) is 0 Å². The Labute approximate surface area is 130 Å². The lowest BCUT2D eigenvalue weighted by Gasteiger charge is -2.16. The summed E-state index contributed by atoms with van der Waals surface area (Å²) in [5.41, 5.74) is 1.94. The fourth-order valence-electron chi connectivity index (χ4n) is 2.75. The van der Waals surface area contributed by atoms with Crippen molar-refractivity contribution in [2.24, 2.45) is 0 Å². The number of benzene rings is 1.